The molecular formula is C16H22FNO2S. The second-order valence-corrected chi connectivity index (χ2v) is 6.52. The molecule has 21 heavy (non-hydrogen) atoms. The molecule has 1 amide bonds. The van der Waals surface area contributed by atoms with Crippen LogP contribution in [0.1, 0.15) is 19.3 Å². The van der Waals surface area contributed by atoms with Crippen LogP contribution >= 0.6 is 11.8 Å². The van der Waals surface area contributed by atoms with Crippen LogP contribution in [0.15, 0.2) is 29.2 Å². The molecule has 1 heterocycles. The third kappa shape index (κ3) is 5.32. The molecule has 0 saturated carbocycles. The summed E-state index contributed by atoms with van der Waals surface area (Å²) in [5.41, 5.74) is 0. The van der Waals surface area contributed by atoms with Crippen molar-refractivity contribution < 1.29 is 13.9 Å². The topological polar surface area (TPSA) is 29.5 Å². The van der Waals surface area contributed by atoms with Gasteiger partial charge < -0.3 is 9.64 Å². The Bertz CT molecular complexity index is 450. The molecule has 0 spiro atoms. The van der Waals surface area contributed by atoms with Gasteiger partial charge in [-0.15, -0.1) is 11.8 Å². The number of ether oxygens (including phenoxy) is 1. The number of hydrogen-bond acceptors (Lipinski definition) is 3. The normalized spacial score (nSPS) is 18.8. The fourth-order valence-corrected chi connectivity index (χ4v) is 3.45. The summed E-state index contributed by atoms with van der Waals surface area (Å²) in [6, 6.07) is 6.40. The number of benzene rings is 1. The Morgan fingerprint density at radius 3 is 2.90 bits per heavy atom. The van der Waals surface area contributed by atoms with Crippen molar-refractivity contribution >= 4 is 17.7 Å². The van der Waals surface area contributed by atoms with Crippen molar-refractivity contribution in [1.82, 2.24) is 4.90 Å². The van der Waals surface area contributed by atoms with E-state index < -0.39 is 0 Å². The minimum atomic E-state index is -0.229. The van der Waals surface area contributed by atoms with Crippen LogP contribution in [0.3, 0.4) is 0 Å². The largest absolute Gasteiger partial charge is 0.384 e. The van der Waals surface area contributed by atoms with Gasteiger partial charge in [-0.25, -0.2) is 4.39 Å². The van der Waals surface area contributed by atoms with E-state index in [1.54, 1.807) is 31.0 Å². The Balaban J connectivity index is 1.72. The molecule has 1 saturated heterocycles. The SMILES string of the molecule is COCC1CCCN(C(=O)CCSc2ccc(F)cc2)C1. The van der Waals surface area contributed by atoms with Gasteiger partial charge in [0.1, 0.15) is 5.82 Å². The molecule has 0 aliphatic carbocycles. The zero-order valence-electron chi connectivity index (χ0n) is 12.4. The number of nitrogens with zero attached hydrogens (tertiary/aromatic N) is 1. The van der Waals surface area contributed by atoms with E-state index in [2.05, 4.69) is 0 Å². The van der Waals surface area contributed by atoms with Crippen molar-refractivity contribution in [2.24, 2.45) is 5.92 Å². The fourth-order valence-electron chi connectivity index (χ4n) is 2.61. The zero-order chi connectivity index (χ0) is 15.1. The number of thioether (sulfide) groups is 1. The lowest BCUT2D eigenvalue weighted by molar-refractivity contribution is -0.132. The van der Waals surface area contributed by atoms with Crippen molar-refractivity contribution in [3.05, 3.63) is 30.1 Å². The molecular weight excluding hydrogens is 289 g/mol. The minimum Gasteiger partial charge on any atom is -0.384 e. The molecule has 1 aliphatic rings. The van der Waals surface area contributed by atoms with E-state index in [0.717, 1.165) is 43.2 Å². The van der Waals surface area contributed by atoms with Gasteiger partial charge in [0.25, 0.3) is 0 Å². The lowest BCUT2D eigenvalue weighted by Crippen LogP contribution is -2.41. The van der Waals surface area contributed by atoms with Crippen LogP contribution < -0.4 is 0 Å². The molecule has 3 nitrogen and oxygen atoms in total. The number of carbonyl (C=O) groups is 1. The highest BCUT2D eigenvalue weighted by atomic mass is 32.2. The van der Waals surface area contributed by atoms with Gasteiger partial charge in [-0.2, -0.15) is 0 Å². The Hall–Kier alpha value is -1.07. The first-order valence-corrected chi connectivity index (χ1v) is 8.32. The van der Waals surface area contributed by atoms with Crippen LogP contribution in [-0.4, -0.2) is 43.4 Å². The molecule has 1 aromatic carbocycles. The van der Waals surface area contributed by atoms with Crippen molar-refractivity contribution in [3.63, 3.8) is 0 Å². The maximum atomic E-state index is 12.8. The first-order chi connectivity index (χ1) is 10.2. The quantitative estimate of drug-likeness (QED) is 0.756. The van der Waals surface area contributed by atoms with E-state index in [0.29, 0.717) is 12.3 Å². The Kier molecular flexibility index (Phi) is 6.51. The molecule has 5 heteroatoms. The average Bonchev–Trinajstić information content (AvgIpc) is 2.50. The monoisotopic (exact) mass is 311 g/mol. The maximum absolute atomic E-state index is 12.8. The summed E-state index contributed by atoms with van der Waals surface area (Å²) in [6.45, 7) is 2.41. The third-order valence-corrected chi connectivity index (χ3v) is 4.69. The first-order valence-electron chi connectivity index (χ1n) is 7.34. The number of amides is 1. The van der Waals surface area contributed by atoms with Crippen LogP contribution in [0.5, 0.6) is 0 Å². The average molecular weight is 311 g/mol. The van der Waals surface area contributed by atoms with Gasteiger partial charge >= 0.3 is 0 Å². The number of likely N-dealkylation sites (tertiary alicyclic amines) is 1. The predicted octanol–water partition coefficient (Wildman–Crippen LogP) is 3.19. The summed E-state index contributed by atoms with van der Waals surface area (Å²) in [4.78, 5) is 15.2. The summed E-state index contributed by atoms with van der Waals surface area (Å²) in [5.74, 6) is 1.19. The van der Waals surface area contributed by atoms with E-state index in [9.17, 15) is 9.18 Å². The lowest BCUT2D eigenvalue weighted by Gasteiger charge is -2.32. The zero-order valence-corrected chi connectivity index (χ0v) is 13.2. The van der Waals surface area contributed by atoms with Crippen molar-refractivity contribution in [1.29, 1.82) is 0 Å². The van der Waals surface area contributed by atoms with E-state index in [1.165, 1.54) is 12.1 Å². The van der Waals surface area contributed by atoms with E-state index in [1.807, 2.05) is 4.90 Å². The fraction of sp³-hybridized carbons (Fsp3) is 0.562. The molecule has 1 aliphatic heterocycles. The summed E-state index contributed by atoms with van der Waals surface area (Å²) < 4.78 is 18.0. The number of hydrogen-bond donors (Lipinski definition) is 0. The summed E-state index contributed by atoms with van der Waals surface area (Å²) >= 11 is 1.59. The second kappa shape index (κ2) is 8.39. The molecule has 116 valence electrons. The highest BCUT2D eigenvalue weighted by molar-refractivity contribution is 7.99. The third-order valence-electron chi connectivity index (χ3n) is 3.67. The second-order valence-electron chi connectivity index (χ2n) is 5.36. The van der Waals surface area contributed by atoms with Crippen LogP contribution in [0.4, 0.5) is 4.39 Å². The van der Waals surface area contributed by atoms with E-state index >= 15 is 0 Å². The maximum Gasteiger partial charge on any atom is 0.223 e. The van der Waals surface area contributed by atoms with Gasteiger partial charge in [0.05, 0.1) is 6.61 Å². The van der Waals surface area contributed by atoms with Crippen LogP contribution in [0.25, 0.3) is 0 Å². The van der Waals surface area contributed by atoms with E-state index in [4.69, 9.17) is 4.74 Å². The number of methoxy groups -OCH3 is 1. The van der Waals surface area contributed by atoms with Crippen molar-refractivity contribution in [2.75, 3.05) is 32.6 Å². The smallest absolute Gasteiger partial charge is 0.223 e. The number of rotatable bonds is 6. The van der Waals surface area contributed by atoms with Gasteiger partial charge in [0, 0.05) is 37.3 Å². The van der Waals surface area contributed by atoms with Crippen LogP contribution in [0, 0.1) is 11.7 Å². The van der Waals surface area contributed by atoms with Gasteiger partial charge in [-0.3, -0.25) is 4.79 Å². The first kappa shape index (κ1) is 16.3. The minimum absolute atomic E-state index is 0.213. The highest BCUT2D eigenvalue weighted by Crippen LogP contribution is 2.21. The van der Waals surface area contributed by atoms with Gasteiger partial charge in [0.15, 0.2) is 0 Å². The van der Waals surface area contributed by atoms with Gasteiger partial charge in [0.2, 0.25) is 5.91 Å². The molecule has 2 rings (SSSR count). The summed E-state index contributed by atoms with van der Waals surface area (Å²) in [5, 5.41) is 0. The molecule has 1 atom stereocenters. The predicted molar refractivity (Wildman–Crippen MR) is 82.9 cm³/mol. The number of carbonyl (C=O) groups excluding carboxylic acids is 1. The van der Waals surface area contributed by atoms with Gasteiger partial charge in [-0.05, 0) is 43.0 Å². The molecule has 0 radical (unpaired) electrons. The summed E-state index contributed by atoms with van der Waals surface area (Å²) in [7, 11) is 1.71. The van der Waals surface area contributed by atoms with E-state index in [-0.39, 0.29) is 11.7 Å². The highest BCUT2D eigenvalue weighted by Gasteiger charge is 2.23. The van der Waals surface area contributed by atoms with Gasteiger partial charge in [-0.1, -0.05) is 0 Å². The molecule has 1 unspecified atom stereocenters. The Morgan fingerprint density at radius 1 is 1.43 bits per heavy atom. The molecule has 1 fully saturated rings. The Labute approximate surface area is 129 Å². The van der Waals surface area contributed by atoms with Crippen molar-refractivity contribution in [3.8, 4) is 0 Å². The van der Waals surface area contributed by atoms with Crippen LogP contribution in [-0.2, 0) is 9.53 Å². The number of halogens is 1. The lowest BCUT2D eigenvalue weighted by atomic mass is 9.99. The summed E-state index contributed by atoms with van der Waals surface area (Å²) in [6.07, 6.45) is 2.73. The molecule has 0 aromatic heterocycles. The Morgan fingerprint density at radius 2 is 2.19 bits per heavy atom. The standard InChI is InChI=1S/C16H22FNO2S/c1-20-12-13-3-2-9-18(11-13)16(19)8-10-21-15-6-4-14(17)5-7-15/h4-7,13H,2-3,8-12H2,1H3. The van der Waals surface area contributed by atoms with Crippen LogP contribution in [0.2, 0.25) is 0 Å². The molecule has 1 aromatic rings. The molecule has 0 N–H and O–H groups in total. The molecule has 0 bridgehead atoms. The number of piperidine rings is 1. The van der Waals surface area contributed by atoms with Crippen molar-refractivity contribution in [2.45, 2.75) is 24.2 Å².